The highest BCUT2D eigenvalue weighted by molar-refractivity contribution is 7.10. The van der Waals surface area contributed by atoms with Gasteiger partial charge in [0.1, 0.15) is 0 Å². The second-order valence-corrected chi connectivity index (χ2v) is 6.61. The van der Waals surface area contributed by atoms with Crippen LogP contribution in [0.1, 0.15) is 46.5 Å². The normalized spacial score (nSPS) is 18.4. The lowest BCUT2D eigenvalue weighted by molar-refractivity contribution is -0.137. The number of carboxylic acids is 1. The molecule has 0 saturated carbocycles. The number of hydrogen-bond donors (Lipinski definition) is 2. The summed E-state index contributed by atoms with van der Waals surface area (Å²) in [6, 6.07) is 10.7. The van der Waals surface area contributed by atoms with Crippen molar-refractivity contribution < 1.29 is 9.90 Å². The maximum atomic E-state index is 11.1. The van der Waals surface area contributed by atoms with Gasteiger partial charge >= 0.3 is 5.97 Å². The quantitative estimate of drug-likeness (QED) is 0.882. The summed E-state index contributed by atoms with van der Waals surface area (Å²) in [4.78, 5) is 12.2. The zero-order valence-electron chi connectivity index (χ0n) is 12.0. The van der Waals surface area contributed by atoms with Gasteiger partial charge in [-0.05, 0) is 42.3 Å². The molecule has 3 nitrogen and oxygen atoms in total. The summed E-state index contributed by atoms with van der Waals surface area (Å²) >= 11 is 1.62. The van der Waals surface area contributed by atoms with Crippen LogP contribution < -0.4 is 5.32 Å². The van der Waals surface area contributed by atoms with Gasteiger partial charge in [-0.2, -0.15) is 0 Å². The molecule has 1 aliphatic rings. The fourth-order valence-corrected chi connectivity index (χ4v) is 3.83. The van der Waals surface area contributed by atoms with E-state index in [4.69, 9.17) is 5.11 Å². The van der Waals surface area contributed by atoms with E-state index in [1.54, 1.807) is 11.3 Å². The van der Waals surface area contributed by atoms with Gasteiger partial charge in [-0.3, -0.25) is 4.79 Å². The van der Waals surface area contributed by atoms with Gasteiger partial charge in [0.2, 0.25) is 0 Å². The fourth-order valence-electron chi connectivity index (χ4n) is 3.04. The molecule has 2 unspecified atom stereocenters. The van der Waals surface area contributed by atoms with Crippen molar-refractivity contribution in [3.63, 3.8) is 0 Å². The molecule has 110 valence electrons. The molecular weight excluding hydrogens is 282 g/mol. The van der Waals surface area contributed by atoms with Crippen LogP contribution in [0.2, 0.25) is 0 Å². The van der Waals surface area contributed by atoms with Crippen LogP contribution in [0.3, 0.4) is 0 Å². The van der Waals surface area contributed by atoms with Crippen molar-refractivity contribution in [2.75, 3.05) is 0 Å². The molecule has 0 bridgehead atoms. The number of aryl methyl sites for hydroxylation is 2. The summed E-state index contributed by atoms with van der Waals surface area (Å²) in [6.45, 7) is 2.10. The van der Waals surface area contributed by atoms with Gasteiger partial charge in [-0.1, -0.05) is 29.8 Å². The lowest BCUT2D eigenvalue weighted by Gasteiger charge is -2.22. The minimum atomic E-state index is -0.761. The summed E-state index contributed by atoms with van der Waals surface area (Å²) in [5, 5.41) is 14.7. The van der Waals surface area contributed by atoms with Crippen molar-refractivity contribution in [2.24, 2.45) is 0 Å². The maximum absolute atomic E-state index is 11.1. The van der Waals surface area contributed by atoms with Crippen LogP contribution in [0, 0.1) is 6.92 Å². The maximum Gasteiger partial charge on any atom is 0.305 e. The minimum Gasteiger partial charge on any atom is -0.481 e. The number of hydrogen-bond acceptors (Lipinski definition) is 3. The zero-order chi connectivity index (χ0) is 14.8. The third-order valence-electron chi connectivity index (χ3n) is 4.05. The Balaban J connectivity index is 1.82. The van der Waals surface area contributed by atoms with Crippen LogP contribution in [-0.4, -0.2) is 11.1 Å². The molecule has 1 aromatic heterocycles. The van der Waals surface area contributed by atoms with Crippen LogP contribution in [0.25, 0.3) is 0 Å². The van der Waals surface area contributed by atoms with E-state index in [0.717, 1.165) is 17.7 Å². The van der Waals surface area contributed by atoms with E-state index in [-0.39, 0.29) is 18.5 Å². The minimum absolute atomic E-state index is 0.112. The molecule has 2 N–H and O–H groups in total. The average Bonchev–Trinajstić information content (AvgIpc) is 3.07. The molecule has 0 aliphatic heterocycles. The Morgan fingerprint density at radius 3 is 3.05 bits per heavy atom. The molecule has 0 saturated heterocycles. The Kier molecular flexibility index (Phi) is 4.08. The second kappa shape index (κ2) is 6.00. The van der Waals surface area contributed by atoms with Gasteiger partial charge in [0.25, 0.3) is 0 Å². The Morgan fingerprint density at radius 1 is 1.48 bits per heavy atom. The summed E-state index contributed by atoms with van der Waals surface area (Å²) in [5.74, 6) is -0.761. The van der Waals surface area contributed by atoms with E-state index >= 15 is 0 Å². The molecule has 2 atom stereocenters. The molecule has 2 aromatic rings. The SMILES string of the molecule is Cc1ccc2c(c1)C(NC(CC(=O)O)c1cccs1)CC2. The van der Waals surface area contributed by atoms with Gasteiger partial charge in [-0.25, -0.2) is 0 Å². The predicted molar refractivity (Wildman–Crippen MR) is 84.7 cm³/mol. The Hall–Kier alpha value is -1.65. The highest BCUT2D eigenvalue weighted by Gasteiger charge is 2.26. The highest BCUT2D eigenvalue weighted by Crippen LogP contribution is 2.35. The molecule has 0 spiro atoms. The first-order valence-corrected chi connectivity index (χ1v) is 8.12. The predicted octanol–water partition coefficient (Wildman–Crippen LogP) is 3.85. The Bertz CT molecular complexity index is 636. The number of rotatable bonds is 5. The monoisotopic (exact) mass is 301 g/mol. The van der Waals surface area contributed by atoms with Crippen molar-refractivity contribution >= 4 is 17.3 Å². The number of carboxylic acid groups (broad SMARTS) is 1. The van der Waals surface area contributed by atoms with E-state index in [1.165, 1.54) is 16.7 Å². The average molecular weight is 301 g/mol. The van der Waals surface area contributed by atoms with Crippen molar-refractivity contribution in [2.45, 2.75) is 38.3 Å². The largest absolute Gasteiger partial charge is 0.481 e. The van der Waals surface area contributed by atoms with E-state index in [9.17, 15) is 4.79 Å². The van der Waals surface area contributed by atoms with Crippen LogP contribution in [0.5, 0.6) is 0 Å². The third kappa shape index (κ3) is 3.17. The first-order chi connectivity index (χ1) is 10.1. The molecule has 3 rings (SSSR count). The number of aliphatic carboxylic acids is 1. The third-order valence-corrected chi connectivity index (χ3v) is 5.03. The lowest BCUT2D eigenvalue weighted by atomic mass is 10.0. The molecule has 1 aromatic carbocycles. The van der Waals surface area contributed by atoms with E-state index in [2.05, 4.69) is 30.4 Å². The summed E-state index contributed by atoms with van der Waals surface area (Å²) in [7, 11) is 0. The number of nitrogens with one attached hydrogen (secondary N) is 1. The van der Waals surface area contributed by atoms with E-state index < -0.39 is 5.97 Å². The van der Waals surface area contributed by atoms with Gasteiger partial charge in [-0.15, -0.1) is 11.3 Å². The molecular formula is C17H19NO2S. The second-order valence-electron chi connectivity index (χ2n) is 5.63. The van der Waals surface area contributed by atoms with Gasteiger partial charge < -0.3 is 10.4 Å². The summed E-state index contributed by atoms with van der Waals surface area (Å²) in [5.41, 5.74) is 3.98. The molecule has 0 radical (unpaired) electrons. The molecule has 4 heteroatoms. The molecule has 21 heavy (non-hydrogen) atoms. The number of thiophene rings is 1. The topological polar surface area (TPSA) is 49.3 Å². The highest BCUT2D eigenvalue weighted by atomic mass is 32.1. The number of fused-ring (bicyclic) bond motifs is 1. The van der Waals surface area contributed by atoms with Gasteiger partial charge in [0.05, 0.1) is 12.5 Å². The molecule has 1 aliphatic carbocycles. The Labute approximate surface area is 128 Å². The van der Waals surface area contributed by atoms with Gasteiger partial charge in [0.15, 0.2) is 0 Å². The van der Waals surface area contributed by atoms with E-state index in [0.29, 0.717) is 0 Å². The van der Waals surface area contributed by atoms with Crippen LogP contribution in [0.15, 0.2) is 35.7 Å². The number of carbonyl (C=O) groups is 1. The van der Waals surface area contributed by atoms with Gasteiger partial charge in [0, 0.05) is 10.9 Å². The fraction of sp³-hybridized carbons (Fsp3) is 0.353. The smallest absolute Gasteiger partial charge is 0.305 e. The number of benzene rings is 1. The Morgan fingerprint density at radius 2 is 2.33 bits per heavy atom. The molecule has 0 fully saturated rings. The first-order valence-electron chi connectivity index (χ1n) is 7.24. The van der Waals surface area contributed by atoms with Crippen LogP contribution >= 0.6 is 11.3 Å². The summed E-state index contributed by atoms with van der Waals surface area (Å²) in [6.07, 6.45) is 2.23. The van der Waals surface area contributed by atoms with Crippen LogP contribution in [0.4, 0.5) is 0 Å². The zero-order valence-corrected chi connectivity index (χ0v) is 12.8. The van der Waals surface area contributed by atoms with Crippen LogP contribution in [-0.2, 0) is 11.2 Å². The summed E-state index contributed by atoms with van der Waals surface area (Å²) < 4.78 is 0. The first kappa shape index (κ1) is 14.3. The molecule has 1 heterocycles. The molecule has 0 amide bonds. The van der Waals surface area contributed by atoms with Crippen molar-refractivity contribution in [3.05, 3.63) is 57.3 Å². The van der Waals surface area contributed by atoms with E-state index in [1.807, 2.05) is 17.5 Å². The van der Waals surface area contributed by atoms with Crippen molar-refractivity contribution in [1.82, 2.24) is 5.32 Å². The lowest BCUT2D eigenvalue weighted by Crippen LogP contribution is -2.26. The van der Waals surface area contributed by atoms with Crippen molar-refractivity contribution in [1.29, 1.82) is 0 Å². The standard InChI is InChI=1S/C17H19NO2S/c1-11-4-5-12-6-7-14(13(12)9-11)18-15(10-17(19)20)16-3-2-8-21-16/h2-5,8-9,14-15,18H,6-7,10H2,1H3,(H,19,20). The van der Waals surface area contributed by atoms with Crippen molar-refractivity contribution in [3.8, 4) is 0 Å².